The normalized spacial score (nSPS) is 23.2. The lowest BCUT2D eigenvalue weighted by molar-refractivity contribution is 0.114. The number of imidazole rings is 1. The van der Waals surface area contributed by atoms with Crippen LogP contribution in [-0.2, 0) is 13.0 Å². The zero-order valence-corrected chi connectivity index (χ0v) is 16.3. The van der Waals surface area contributed by atoms with E-state index in [1.807, 2.05) is 12.4 Å². The van der Waals surface area contributed by atoms with E-state index in [2.05, 4.69) is 44.0 Å². The fourth-order valence-electron chi connectivity index (χ4n) is 4.42. The van der Waals surface area contributed by atoms with Gasteiger partial charge in [-0.25, -0.2) is 4.98 Å². The standard InChI is InChI=1S/C22H32N4O/c1-2-13-26-15-14-25(18-22-23-10-11-24-22)12-4-16-27-21-7-3-5-19(17-21)8-9-20(26)6-1/h3,5,7,10-11,17,20H,1-2,4,6,8-9,12-16,18H2,(H,23,24). The van der Waals surface area contributed by atoms with Gasteiger partial charge >= 0.3 is 0 Å². The van der Waals surface area contributed by atoms with Gasteiger partial charge in [-0.05, 0) is 56.3 Å². The molecule has 1 aromatic heterocycles. The molecular formula is C22H32N4O. The maximum Gasteiger partial charge on any atom is 0.120 e. The van der Waals surface area contributed by atoms with Crippen molar-refractivity contribution in [1.29, 1.82) is 0 Å². The van der Waals surface area contributed by atoms with Crippen LogP contribution < -0.4 is 4.74 Å². The van der Waals surface area contributed by atoms with Gasteiger partial charge in [-0.3, -0.25) is 9.80 Å². The van der Waals surface area contributed by atoms with Crippen LogP contribution in [0.2, 0.25) is 0 Å². The van der Waals surface area contributed by atoms with Crippen molar-refractivity contribution in [2.75, 3.05) is 32.8 Å². The zero-order valence-electron chi connectivity index (χ0n) is 16.3. The lowest BCUT2D eigenvalue weighted by Gasteiger charge is -2.37. The van der Waals surface area contributed by atoms with Gasteiger partial charge in [0.25, 0.3) is 0 Å². The molecule has 1 unspecified atom stereocenters. The van der Waals surface area contributed by atoms with E-state index in [1.54, 1.807) is 0 Å². The molecule has 2 aliphatic heterocycles. The second-order valence-electron chi connectivity index (χ2n) is 7.89. The average Bonchev–Trinajstić information content (AvgIpc) is 3.21. The summed E-state index contributed by atoms with van der Waals surface area (Å²) in [6.45, 7) is 6.21. The summed E-state index contributed by atoms with van der Waals surface area (Å²) >= 11 is 0. The van der Waals surface area contributed by atoms with E-state index in [9.17, 15) is 0 Å². The summed E-state index contributed by atoms with van der Waals surface area (Å²) in [6.07, 6.45) is 11.3. The first kappa shape index (κ1) is 18.5. The van der Waals surface area contributed by atoms with Crippen LogP contribution in [0.25, 0.3) is 0 Å². The number of aryl methyl sites for hydroxylation is 1. The van der Waals surface area contributed by atoms with Crippen LogP contribution in [-0.4, -0.2) is 58.6 Å². The molecule has 4 rings (SSSR count). The van der Waals surface area contributed by atoms with Crippen LogP contribution in [0.3, 0.4) is 0 Å². The highest BCUT2D eigenvalue weighted by Crippen LogP contribution is 2.23. The molecule has 5 nitrogen and oxygen atoms in total. The Balaban J connectivity index is 1.46. The van der Waals surface area contributed by atoms with E-state index < -0.39 is 0 Å². The number of piperidine rings is 1. The Morgan fingerprint density at radius 2 is 2.07 bits per heavy atom. The number of benzene rings is 1. The van der Waals surface area contributed by atoms with Gasteiger partial charge in [0.15, 0.2) is 0 Å². The number of aromatic amines is 1. The molecule has 1 aromatic carbocycles. The zero-order chi connectivity index (χ0) is 18.3. The largest absolute Gasteiger partial charge is 0.494 e. The molecule has 2 bridgehead atoms. The van der Waals surface area contributed by atoms with E-state index in [0.717, 1.165) is 63.2 Å². The summed E-state index contributed by atoms with van der Waals surface area (Å²) in [7, 11) is 0. The van der Waals surface area contributed by atoms with Crippen LogP contribution in [0.4, 0.5) is 0 Å². The lowest BCUT2D eigenvalue weighted by Crippen LogP contribution is -2.44. The maximum absolute atomic E-state index is 6.02. The van der Waals surface area contributed by atoms with E-state index in [1.165, 1.54) is 37.8 Å². The average molecular weight is 369 g/mol. The second-order valence-corrected chi connectivity index (χ2v) is 7.89. The number of nitrogens with zero attached hydrogens (tertiary/aromatic N) is 3. The predicted octanol–water partition coefficient (Wildman–Crippen LogP) is 3.48. The number of ether oxygens (including phenoxy) is 1. The maximum atomic E-state index is 6.02. The summed E-state index contributed by atoms with van der Waals surface area (Å²) in [5.41, 5.74) is 1.41. The van der Waals surface area contributed by atoms with Gasteiger partial charge in [0.05, 0.1) is 13.2 Å². The first-order chi connectivity index (χ1) is 13.4. The van der Waals surface area contributed by atoms with Crippen LogP contribution >= 0.6 is 0 Å². The highest BCUT2D eigenvalue weighted by atomic mass is 16.5. The predicted molar refractivity (Wildman–Crippen MR) is 108 cm³/mol. The van der Waals surface area contributed by atoms with Gasteiger partial charge in [0, 0.05) is 38.1 Å². The van der Waals surface area contributed by atoms with Gasteiger partial charge in [-0.15, -0.1) is 0 Å². The molecule has 1 saturated heterocycles. The third-order valence-electron chi connectivity index (χ3n) is 5.93. The summed E-state index contributed by atoms with van der Waals surface area (Å²) in [6, 6.07) is 9.43. The molecule has 0 aliphatic carbocycles. The Morgan fingerprint density at radius 1 is 1.07 bits per heavy atom. The molecule has 3 heterocycles. The molecule has 0 radical (unpaired) electrons. The summed E-state index contributed by atoms with van der Waals surface area (Å²) in [4.78, 5) is 12.9. The molecule has 2 aliphatic rings. The van der Waals surface area contributed by atoms with Gasteiger partial charge in [0.2, 0.25) is 0 Å². The van der Waals surface area contributed by atoms with Crippen molar-refractivity contribution in [3.63, 3.8) is 0 Å². The third-order valence-corrected chi connectivity index (χ3v) is 5.93. The molecule has 1 atom stereocenters. The van der Waals surface area contributed by atoms with Gasteiger partial charge < -0.3 is 9.72 Å². The van der Waals surface area contributed by atoms with E-state index in [4.69, 9.17) is 4.74 Å². The summed E-state index contributed by atoms with van der Waals surface area (Å²) < 4.78 is 6.02. The minimum Gasteiger partial charge on any atom is -0.494 e. The number of nitrogens with one attached hydrogen (secondary N) is 1. The fraction of sp³-hybridized carbons (Fsp3) is 0.591. The van der Waals surface area contributed by atoms with Crippen molar-refractivity contribution in [2.24, 2.45) is 0 Å². The number of hydrogen-bond acceptors (Lipinski definition) is 4. The topological polar surface area (TPSA) is 44.4 Å². The Kier molecular flexibility index (Phi) is 6.43. The summed E-state index contributed by atoms with van der Waals surface area (Å²) in [5, 5.41) is 0. The highest BCUT2D eigenvalue weighted by molar-refractivity contribution is 5.28. The van der Waals surface area contributed by atoms with Crippen LogP contribution in [0, 0.1) is 0 Å². The molecule has 0 spiro atoms. The van der Waals surface area contributed by atoms with Crippen molar-refractivity contribution in [3.05, 3.63) is 48.0 Å². The molecule has 1 fully saturated rings. The molecular weight excluding hydrogens is 336 g/mol. The Labute approximate surface area is 162 Å². The number of rotatable bonds is 2. The Morgan fingerprint density at radius 3 is 3.00 bits per heavy atom. The molecule has 5 heteroatoms. The monoisotopic (exact) mass is 368 g/mol. The van der Waals surface area contributed by atoms with E-state index in [-0.39, 0.29) is 0 Å². The van der Waals surface area contributed by atoms with Gasteiger partial charge in [-0.2, -0.15) is 0 Å². The highest BCUT2D eigenvalue weighted by Gasteiger charge is 2.23. The molecule has 0 saturated carbocycles. The van der Waals surface area contributed by atoms with Crippen LogP contribution in [0.5, 0.6) is 5.75 Å². The summed E-state index contributed by atoms with van der Waals surface area (Å²) in [5.74, 6) is 2.07. The molecule has 0 amide bonds. The number of H-pyrrole nitrogens is 1. The quantitative estimate of drug-likeness (QED) is 0.881. The number of hydrogen-bond donors (Lipinski definition) is 1. The molecule has 2 aromatic rings. The first-order valence-electron chi connectivity index (χ1n) is 10.5. The van der Waals surface area contributed by atoms with Crippen molar-refractivity contribution < 1.29 is 4.74 Å². The second kappa shape index (κ2) is 9.38. The molecule has 1 N–H and O–H groups in total. The minimum atomic E-state index is 0.719. The SMILES string of the molecule is c1cc2cc(c1)OCCCN(Cc1ncc[nH]1)CCN1CCCCC1CC2. The Bertz CT molecular complexity index is 687. The number of fused-ring (bicyclic) bond motifs is 3. The smallest absolute Gasteiger partial charge is 0.120 e. The van der Waals surface area contributed by atoms with Crippen molar-refractivity contribution in [1.82, 2.24) is 19.8 Å². The van der Waals surface area contributed by atoms with Gasteiger partial charge in [0.1, 0.15) is 11.6 Å². The van der Waals surface area contributed by atoms with Crippen molar-refractivity contribution >= 4 is 0 Å². The fourth-order valence-corrected chi connectivity index (χ4v) is 4.42. The van der Waals surface area contributed by atoms with Crippen LogP contribution in [0.15, 0.2) is 36.7 Å². The van der Waals surface area contributed by atoms with E-state index >= 15 is 0 Å². The molecule has 27 heavy (non-hydrogen) atoms. The van der Waals surface area contributed by atoms with Crippen molar-refractivity contribution in [3.8, 4) is 5.75 Å². The van der Waals surface area contributed by atoms with E-state index in [0.29, 0.717) is 0 Å². The first-order valence-corrected chi connectivity index (χ1v) is 10.5. The minimum absolute atomic E-state index is 0.719. The Hall–Kier alpha value is -1.85. The van der Waals surface area contributed by atoms with Gasteiger partial charge in [-0.1, -0.05) is 18.6 Å². The third kappa shape index (κ3) is 5.33. The molecule has 146 valence electrons. The number of aromatic nitrogens is 2. The van der Waals surface area contributed by atoms with Crippen LogP contribution in [0.1, 0.15) is 43.5 Å². The lowest BCUT2D eigenvalue weighted by atomic mass is 9.95. The van der Waals surface area contributed by atoms with Crippen molar-refractivity contribution in [2.45, 2.75) is 51.1 Å².